The Kier molecular flexibility index (Phi) is 4.95. The standard InChI is InChI=1S/C14H16ClN3O2S/c1-10(12-3-2-6-17-9-12)18-21(19,20)14-5-4-11(8-16)7-13(14)15/h2-7,9-10,18H,8,16H2,1H3. The monoisotopic (exact) mass is 325 g/mol. The van der Waals surface area contributed by atoms with Crippen LogP contribution in [0.3, 0.4) is 0 Å². The number of nitrogens with one attached hydrogen (secondary N) is 1. The van der Waals surface area contributed by atoms with Crippen LogP contribution in [0.25, 0.3) is 0 Å². The molecular weight excluding hydrogens is 310 g/mol. The minimum absolute atomic E-state index is 0.0390. The van der Waals surface area contributed by atoms with Crippen LogP contribution in [0.15, 0.2) is 47.6 Å². The zero-order valence-electron chi connectivity index (χ0n) is 11.5. The lowest BCUT2D eigenvalue weighted by molar-refractivity contribution is 0.566. The first-order valence-corrected chi connectivity index (χ1v) is 8.21. The first-order valence-electron chi connectivity index (χ1n) is 6.35. The molecule has 0 aliphatic heterocycles. The van der Waals surface area contributed by atoms with Crippen molar-refractivity contribution in [3.05, 3.63) is 58.9 Å². The summed E-state index contributed by atoms with van der Waals surface area (Å²) in [7, 11) is -3.71. The maximum absolute atomic E-state index is 12.4. The molecule has 0 aliphatic rings. The topological polar surface area (TPSA) is 85.1 Å². The first-order chi connectivity index (χ1) is 9.94. The number of pyridine rings is 1. The SMILES string of the molecule is CC(NS(=O)(=O)c1ccc(CN)cc1Cl)c1cccnc1. The second kappa shape index (κ2) is 6.53. The number of benzene rings is 1. The average Bonchev–Trinajstić information content (AvgIpc) is 2.47. The van der Waals surface area contributed by atoms with E-state index in [9.17, 15) is 8.42 Å². The van der Waals surface area contributed by atoms with E-state index in [2.05, 4.69) is 9.71 Å². The van der Waals surface area contributed by atoms with Gasteiger partial charge in [-0.05, 0) is 36.2 Å². The van der Waals surface area contributed by atoms with Crippen LogP contribution in [0.5, 0.6) is 0 Å². The Morgan fingerprint density at radius 1 is 1.38 bits per heavy atom. The van der Waals surface area contributed by atoms with Crippen LogP contribution in [0, 0.1) is 0 Å². The van der Waals surface area contributed by atoms with Crippen molar-refractivity contribution >= 4 is 21.6 Å². The largest absolute Gasteiger partial charge is 0.326 e. The molecule has 1 aromatic heterocycles. The molecule has 1 unspecified atom stereocenters. The number of aromatic nitrogens is 1. The number of hydrogen-bond donors (Lipinski definition) is 2. The van der Waals surface area contributed by atoms with Gasteiger partial charge in [-0.15, -0.1) is 0 Å². The maximum atomic E-state index is 12.4. The molecule has 0 aliphatic carbocycles. The van der Waals surface area contributed by atoms with E-state index in [0.29, 0.717) is 6.54 Å². The van der Waals surface area contributed by atoms with Gasteiger partial charge in [-0.2, -0.15) is 0 Å². The van der Waals surface area contributed by atoms with E-state index in [1.807, 2.05) is 0 Å². The van der Waals surface area contributed by atoms with E-state index < -0.39 is 16.1 Å². The third-order valence-electron chi connectivity index (χ3n) is 3.04. The smallest absolute Gasteiger partial charge is 0.242 e. The Morgan fingerprint density at radius 3 is 2.71 bits per heavy atom. The van der Waals surface area contributed by atoms with Crippen molar-refractivity contribution in [2.24, 2.45) is 5.73 Å². The van der Waals surface area contributed by atoms with Gasteiger partial charge in [-0.1, -0.05) is 23.7 Å². The molecule has 2 aromatic rings. The molecule has 0 saturated heterocycles. The van der Waals surface area contributed by atoms with E-state index in [-0.39, 0.29) is 9.92 Å². The summed E-state index contributed by atoms with van der Waals surface area (Å²) in [6, 6.07) is 7.82. The molecule has 0 saturated carbocycles. The summed E-state index contributed by atoms with van der Waals surface area (Å²) < 4.78 is 27.4. The molecule has 0 spiro atoms. The summed E-state index contributed by atoms with van der Waals surface area (Å²) in [4.78, 5) is 4.01. The van der Waals surface area contributed by atoms with Crippen LogP contribution < -0.4 is 10.5 Å². The van der Waals surface area contributed by atoms with E-state index in [1.54, 1.807) is 43.6 Å². The lowest BCUT2D eigenvalue weighted by Gasteiger charge is -2.15. The number of rotatable bonds is 5. The van der Waals surface area contributed by atoms with Crippen molar-refractivity contribution in [2.45, 2.75) is 24.4 Å². The minimum Gasteiger partial charge on any atom is -0.326 e. The van der Waals surface area contributed by atoms with Gasteiger partial charge in [0.1, 0.15) is 4.90 Å². The minimum atomic E-state index is -3.71. The summed E-state index contributed by atoms with van der Waals surface area (Å²) in [6.07, 6.45) is 3.25. The third kappa shape index (κ3) is 3.79. The Hall–Kier alpha value is -1.47. The third-order valence-corrected chi connectivity index (χ3v) is 5.06. The zero-order chi connectivity index (χ0) is 15.5. The molecule has 0 radical (unpaired) electrons. The Morgan fingerprint density at radius 2 is 2.14 bits per heavy atom. The van der Waals surface area contributed by atoms with Crippen molar-refractivity contribution < 1.29 is 8.42 Å². The summed E-state index contributed by atoms with van der Waals surface area (Å²) >= 11 is 6.04. The Bertz CT molecular complexity index is 720. The molecule has 5 nitrogen and oxygen atoms in total. The molecule has 21 heavy (non-hydrogen) atoms. The molecule has 112 valence electrons. The quantitative estimate of drug-likeness (QED) is 0.882. The second-order valence-electron chi connectivity index (χ2n) is 4.60. The molecule has 1 atom stereocenters. The van der Waals surface area contributed by atoms with Crippen LogP contribution in [-0.4, -0.2) is 13.4 Å². The molecule has 1 heterocycles. The lowest BCUT2D eigenvalue weighted by atomic mass is 10.2. The van der Waals surface area contributed by atoms with Gasteiger partial charge in [-0.3, -0.25) is 4.98 Å². The van der Waals surface area contributed by atoms with Gasteiger partial charge in [-0.25, -0.2) is 13.1 Å². The van der Waals surface area contributed by atoms with E-state index in [1.165, 1.54) is 6.07 Å². The van der Waals surface area contributed by atoms with Crippen molar-refractivity contribution in [3.63, 3.8) is 0 Å². The van der Waals surface area contributed by atoms with Crippen LogP contribution in [0.4, 0.5) is 0 Å². The molecule has 0 amide bonds. The Labute approximate surface area is 129 Å². The van der Waals surface area contributed by atoms with Gasteiger partial charge in [0.05, 0.1) is 5.02 Å². The maximum Gasteiger partial charge on any atom is 0.242 e. The van der Waals surface area contributed by atoms with E-state index in [4.69, 9.17) is 17.3 Å². The molecule has 0 bridgehead atoms. The van der Waals surface area contributed by atoms with Gasteiger partial charge in [0.15, 0.2) is 0 Å². The first kappa shape index (κ1) is 15.9. The normalized spacial score (nSPS) is 13.1. The summed E-state index contributed by atoms with van der Waals surface area (Å²) in [6.45, 7) is 2.05. The predicted octanol–water partition coefficient (Wildman–Crippen LogP) is 2.23. The number of nitrogens with zero attached hydrogens (tertiary/aromatic N) is 1. The highest BCUT2D eigenvalue weighted by molar-refractivity contribution is 7.89. The highest BCUT2D eigenvalue weighted by Gasteiger charge is 2.21. The summed E-state index contributed by atoms with van der Waals surface area (Å²) in [5.41, 5.74) is 7.05. The van der Waals surface area contributed by atoms with Gasteiger partial charge < -0.3 is 5.73 Å². The Balaban J connectivity index is 2.26. The fourth-order valence-corrected chi connectivity index (χ4v) is 3.68. The molecular formula is C14H16ClN3O2S. The fraction of sp³-hybridized carbons (Fsp3) is 0.214. The number of halogens is 1. The molecule has 3 N–H and O–H groups in total. The number of hydrogen-bond acceptors (Lipinski definition) is 4. The van der Waals surface area contributed by atoms with Gasteiger partial charge in [0.2, 0.25) is 10.0 Å². The van der Waals surface area contributed by atoms with Crippen molar-refractivity contribution in [1.82, 2.24) is 9.71 Å². The van der Waals surface area contributed by atoms with Crippen molar-refractivity contribution in [1.29, 1.82) is 0 Å². The summed E-state index contributed by atoms with van der Waals surface area (Å²) in [5, 5.41) is 0.156. The van der Waals surface area contributed by atoms with Gasteiger partial charge in [0, 0.05) is 25.0 Å². The van der Waals surface area contributed by atoms with Crippen LogP contribution in [0.2, 0.25) is 5.02 Å². The van der Waals surface area contributed by atoms with E-state index >= 15 is 0 Å². The molecule has 7 heteroatoms. The second-order valence-corrected chi connectivity index (χ2v) is 6.69. The van der Waals surface area contributed by atoms with Crippen LogP contribution in [0.1, 0.15) is 24.1 Å². The number of nitrogens with two attached hydrogens (primary N) is 1. The highest BCUT2D eigenvalue weighted by Crippen LogP contribution is 2.24. The average molecular weight is 326 g/mol. The van der Waals surface area contributed by atoms with Crippen LogP contribution >= 0.6 is 11.6 Å². The molecule has 2 rings (SSSR count). The molecule has 0 fully saturated rings. The fourth-order valence-electron chi connectivity index (χ4n) is 1.89. The van der Waals surface area contributed by atoms with Gasteiger partial charge in [0.25, 0.3) is 0 Å². The van der Waals surface area contributed by atoms with Crippen molar-refractivity contribution in [2.75, 3.05) is 0 Å². The summed E-state index contributed by atoms with van der Waals surface area (Å²) in [5.74, 6) is 0. The highest BCUT2D eigenvalue weighted by atomic mass is 35.5. The zero-order valence-corrected chi connectivity index (χ0v) is 13.0. The predicted molar refractivity (Wildman–Crippen MR) is 82.3 cm³/mol. The van der Waals surface area contributed by atoms with E-state index in [0.717, 1.165) is 11.1 Å². The lowest BCUT2D eigenvalue weighted by Crippen LogP contribution is -2.27. The number of sulfonamides is 1. The van der Waals surface area contributed by atoms with Gasteiger partial charge >= 0.3 is 0 Å². The van der Waals surface area contributed by atoms with Crippen LogP contribution in [-0.2, 0) is 16.6 Å². The molecule has 1 aromatic carbocycles. The van der Waals surface area contributed by atoms with Crippen molar-refractivity contribution in [3.8, 4) is 0 Å².